The van der Waals surface area contributed by atoms with Crippen molar-refractivity contribution < 1.29 is 13.2 Å². The molecule has 0 aliphatic carbocycles. The van der Waals surface area contributed by atoms with Gasteiger partial charge in [-0.1, -0.05) is 0 Å². The van der Waals surface area contributed by atoms with Crippen molar-refractivity contribution in [2.75, 3.05) is 18.1 Å². The van der Waals surface area contributed by atoms with Crippen LogP contribution >= 0.6 is 24.2 Å². The second kappa shape index (κ2) is 7.06. The van der Waals surface area contributed by atoms with Crippen molar-refractivity contribution in [2.45, 2.75) is 12.6 Å². The van der Waals surface area contributed by atoms with Crippen molar-refractivity contribution in [3.8, 4) is 0 Å². The lowest BCUT2D eigenvalue weighted by Crippen LogP contribution is -2.11. The van der Waals surface area contributed by atoms with Gasteiger partial charge in [0.1, 0.15) is 0 Å². The fourth-order valence-corrected chi connectivity index (χ4v) is 1.12. The van der Waals surface area contributed by atoms with Crippen LogP contribution in [0.5, 0.6) is 0 Å². The highest BCUT2D eigenvalue weighted by atomic mass is 35.5. The lowest BCUT2D eigenvalue weighted by atomic mass is 10.5. The molecule has 0 aromatic rings. The molecule has 0 heterocycles. The lowest BCUT2D eigenvalue weighted by Gasteiger charge is -2.03. The van der Waals surface area contributed by atoms with Crippen LogP contribution in [0.25, 0.3) is 0 Å². The van der Waals surface area contributed by atoms with E-state index < -0.39 is 11.9 Å². The first-order valence-electron chi connectivity index (χ1n) is 2.91. The molecule has 0 rings (SSSR count). The third kappa shape index (κ3) is 13.4. The number of nitrogens with two attached hydrogens (primary N) is 1. The van der Waals surface area contributed by atoms with Crippen LogP contribution in [0.3, 0.4) is 0 Å². The van der Waals surface area contributed by atoms with Crippen molar-refractivity contribution in [1.29, 1.82) is 0 Å². The van der Waals surface area contributed by atoms with Crippen molar-refractivity contribution in [3.63, 3.8) is 0 Å². The molecule has 0 radical (unpaired) electrons. The number of thioether (sulfide) groups is 1. The Kier molecular flexibility index (Phi) is 8.95. The summed E-state index contributed by atoms with van der Waals surface area (Å²) in [6.07, 6.45) is -3.37. The minimum atomic E-state index is -4.03. The van der Waals surface area contributed by atoms with Gasteiger partial charge in [0.15, 0.2) is 0 Å². The zero-order valence-electron chi connectivity index (χ0n) is 5.86. The summed E-state index contributed by atoms with van der Waals surface area (Å²) in [5.41, 5.74) is 5.08. The molecule has 0 unspecified atom stereocenters. The number of hydrogen-bond donors (Lipinski definition) is 1. The number of halogens is 4. The van der Waals surface area contributed by atoms with E-state index in [1.165, 1.54) is 0 Å². The molecule has 0 atom stereocenters. The lowest BCUT2D eigenvalue weighted by molar-refractivity contribution is -0.105. The van der Waals surface area contributed by atoms with Gasteiger partial charge in [0.05, 0.1) is 5.75 Å². The molecule has 0 aromatic carbocycles. The van der Waals surface area contributed by atoms with Gasteiger partial charge in [-0.15, -0.1) is 12.4 Å². The topological polar surface area (TPSA) is 26.0 Å². The molecule has 6 heteroatoms. The average molecular weight is 210 g/mol. The van der Waals surface area contributed by atoms with E-state index in [0.29, 0.717) is 18.7 Å². The van der Waals surface area contributed by atoms with Crippen LogP contribution in [0.1, 0.15) is 6.42 Å². The van der Waals surface area contributed by atoms with Crippen LogP contribution in [0.15, 0.2) is 0 Å². The predicted octanol–water partition coefficient (Wildman–Crippen LogP) is 2.05. The normalized spacial score (nSPS) is 10.9. The third-order valence-electron chi connectivity index (χ3n) is 0.759. The quantitative estimate of drug-likeness (QED) is 0.718. The zero-order chi connectivity index (χ0) is 8.04. The summed E-state index contributed by atoms with van der Waals surface area (Å²) in [5, 5.41) is 0. The van der Waals surface area contributed by atoms with Crippen LogP contribution in [0, 0.1) is 0 Å². The maximum Gasteiger partial charge on any atom is 0.397 e. The summed E-state index contributed by atoms with van der Waals surface area (Å²) in [7, 11) is 0. The van der Waals surface area contributed by atoms with Crippen molar-refractivity contribution in [3.05, 3.63) is 0 Å². The van der Waals surface area contributed by atoms with E-state index in [0.717, 1.165) is 11.8 Å². The Bertz CT molecular complexity index is 88.3. The van der Waals surface area contributed by atoms with E-state index >= 15 is 0 Å². The SMILES string of the molecule is Cl.NCCCSCC(F)(F)F. The van der Waals surface area contributed by atoms with Crippen LogP contribution in [-0.2, 0) is 0 Å². The molecule has 0 saturated heterocycles. The summed E-state index contributed by atoms with van der Waals surface area (Å²) < 4.78 is 34.3. The van der Waals surface area contributed by atoms with Crippen LogP contribution in [0.2, 0.25) is 0 Å². The standard InChI is InChI=1S/C5H10F3NS.ClH/c6-5(7,8)4-10-3-1-2-9;/h1-4,9H2;1H. The first-order valence-corrected chi connectivity index (χ1v) is 4.06. The van der Waals surface area contributed by atoms with Crippen LogP contribution in [0.4, 0.5) is 13.2 Å². The first-order chi connectivity index (χ1) is 4.56. The van der Waals surface area contributed by atoms with Gasteiger partial charge >= 0.3 is 6.18 Å². The fraction of sp³-hybridized carbons (Fsp3) is 1.00. The van der Waals surface area contributed by atoms with E-state index in [2.05, 4.69) is 0 Å². The summed E-state index contributed by atoms with van der Waals surface area (Å²) in [6.45, 7) is 0.463. The maximum atomic E-state index is 11.4. The molecule has 0 aromatic heterocycles. The second-order valence-electron chi connectivity index (χ2n) is 1.81. The second-order valence-corrected chi connectivity index (χ2v) is 2.92. The molecule has 0 bridgehead atoms. The molecule has 11 heavy (non-hydrogen) atoms. The molecule has 1 nitrogen and oxygen atoms in total. The fourth-order valence-electron chi connectivity index (χ4n) is 0.373. The van der Waals surface area contributed by atoms with Crippen LogP contribution < -0.4 is 5.73 Å². The molecule has 0 fully saturated rings. The highest BCUT2D eigenvalue weighted by Crippen LogP contribution is 2.20. The van der Waals surface area contributed by atoms with Crippen LogP contribution in [-0.4, -0.2) is 24.2 Å². The highest BCUT2D eigenvalue weighted by molar-refractivity contribution is 7.99. The third-order valence-corrected chi connectivity index (χ3v) is 1.87. The molecule has 70 valence electrons. The average Bonchev–Trinajstić information content (AvgIpc) is 1.78. The molecule has 0 saturated carbocycles. The highest BCUT2D eigenvalue weighted by Gasteiger charge is 2.26. The zero-order valence-corrected chi connectivity index (χ0v) is 7.49. The minimum absolute atomic E-state index is 0. The van der Waals surface area contributed by atoms with Gasteiger partial charge in [-0.2, -0.15) is 24.9 Å². The van der Waals surface area contributed by atoms with Gasteiger partial charge in [-0.3, -0.25) is 0 Å². The molecular formula is C5H11ClF3NS. The van der Waals surface area contributed by atoms with Gasteiger partial charge in [-0.05, 0) is 18.7 Å². The number of rotatable bonds is 4. The summed E-state index contributed by atoms with van der Waals surface area (Å²) >= 11 is 0.880. The summed E-state index contributed by atoms with van der Waals surface area (Å²) in [4.78, 5) is 0. The van der Waals surface area contributed by atoms with E-state index in [1.807, 2.05) is 0 Å². The number of hydrogen-bond acceptors (Lipinski definition) is 2. The van der Waals surface area contributed by atoms with E-state index in [-0.39, 0.29) is 12.4 Å². The maximum absolute atomic E-state index is 11.4. The van der Waals surface area contributed by atoms with Crippen molar-refractivity contribution in [1.82, 2.24) is 0 Å². The van der Waals surface area contributed by atoms with Gasteiger partial charge in [0.2, 0.25) is 0 Å². The Morgan fingerprint density at radius 2 is 1.82 bits per heavy atom. The molecular weight excluding hydrogens is 199 g/mol. The molecule has 0 aliphatic heterocycles. The number of alkyl halides is 3. The Balaban J connectivity index is 0. The molecule has 0 aliphatic rings. The monoisotopic (exact) mass is 209 g/mol. The molecule has 0 spiro atoms. The van der Waals surface area contributed by atoms with E-state index in [9.17, 15) is 13.2 Å². The Morgan fingerprint density at radius 3 is 2.18 bits per heavy atom. The molecule has 0 amide bonds. The van der Waals surface area contributed by atoms with Crippen molar-refractivity contribution >= 4 is 24.2 Å². The Labute approximate surface area is 74.3 Å². The smallest absolute Gasteiger partial charge is 0.330 e. The molecule has 2 N–H and O–H groups in total. The first kappa shape index (κ1) is 13.9. The van der Waals surface area contributed by atoms with Gasteiger partial charge < -0.3 is 5.73 Å². The summed E-state index contributed by atoms with van der Waals surface area (Å²) in [6, 6.07) is 0. The minimum Gasteiger partial charge on any atom is -0.330 e. The van der Waals surface area contributed by atoms with E-state index in [1.54, 1.807) is 0 Å². The van der Waals surface area contributed by atoms with Gasteiger partial charge in [-0.25, -0.2) is 0 Å². The largest absolute Gasteiger partial charge is 0.397 e. The van der Waals surface area contributed by atoms with E-state index in [4.69, 9.17) is 5.73 Å². The Morgan fingerprint density at radius 1 is 1.27 bits per heavy atom. The predicted molar refractivity (Wildman–Crippen MR) is 44.3 cm³/mol. The van der Waals surface area contributed by atoms with Gasteiger partial charge in [0, 0.05) is 0 Å². The summed E-state index contributed by atoms with van der Waals surface area (Å²) in [5.74, 6) is -0.261. The van der Waals surface area contributed by atoms with Crippen molar-refractivity contribution in [2.24, 2.45) is 5.73 Å². The van der Waals surface area contributed by atoms with Gasteiger partial charge in [0.25, 0.3) is 0 Å². The Hall–Kier alpha value is 0.390.